The Balaban J connectivity index is 2.90. The molecule has 0 aliphatic carbocycles. The van der Waals surface area contributed by atoms with E-state index in [1.807, 2.05) is 13.8 Å². The van der Waals surface area contributed by atoms with Crippen LogP contribution in [-0.2, 0) is 18.5 Å². The lowest BCUT2D eigenvalue weighted by Crippen LogP contribution is -2.14. The first-order chi connectivity index (χ1) is 9.62. The highest BCUT2D eigenvalue weighted by Crippen LogP contribution is 2.27. The van der Waals surface area contributed by atoms with Crippen molar-refractivity contribution in [1.29, 1.82) is 0 Å². The maximum Gasteiger partial charge on any atom is 0.339 e. The molecule has 0 bridgehead atoms. The number of ether oxygens (including phenoxy) is 2. The number of rotatable bonds is 6. The lowest BCUT2D eigenvalue weighted by molar-refractivity contribution is 0.0176. The van der Waals surface area contributed by atoms with E-state index in [0.717, 1.165) is 12.1 Å². The molecule has 1 rings (SSSR count). The van der Waals surface area contributed by atoms with Crippen LogP contribution in [0.15, 0.2) is 21.5 Å². The third kappa shape index (κ3) is 5.54. The maximum absolute atomic E-state index is 13.5. The van der Waals surface area contributed by atoms with Crippen LogP contribution in [0.1, 0.15) is 24.2 Å². The van der Waals surface area contributed by atoms with E-state index in [-0.39, 0.29) is 29.4 Å². The molecule has 0 fully saturated rings. The van der Waals surface area contributed by atoms with Crippen molar-refractivity contribution in [3.05, 3.63) is 28.0 Å². The average molecular weight is 404 g/mol. The monoisotopic (exact) mass is 402 g/mol. The van der Waals surface area contributed by atoms with Crippen LogP contribution in [-0.4, -0.2) is 33.7 Å². The summed E-state index contributed by atoms with van der Waals surface area (Å²) in [5.41, 5.74) is -0.139. The van der Waals surface area contributed by atoms with Crippen LogP contribution in [0.25, 0.3) is 0 Å². The van der Waals surface area contributed by atoms with Crippen molar-refractivity contribution in [3.8, 4) is 0 Å². The summed E-state index contributed by atoms with van der Waals surface area (Å²) in [4.78, 5) is 11.1. The van der Waals surface area contributed by atoms with E-state index >= 15 is 0 Å². The Morgan fingerprint density at radius 1 is 1.38 bits per heavy atom. The van der Waals surface area contributed by atoms with Gasteiger partial charge in [-0.3, -0.25) is 0 Å². The van der Waals surface area contributed by atoms with Crippen molar-refractivity contribution in [2.75, 3.05) is 13.2 Å². The molecule has 0 spiro atoms. The normalized spacial score (nSPS) is 11.7. The first kappa shape index (κ1) is 18.3. The van der Waals surface area contributed by atoms with Gasteiger partial charge in [0.05, 0.1) is 18.3 Å². The molecule has 1 aromatic carbocycles. The molecule has 0 atom stereocenters. The zero-order valence-corrected chi connectivity index (χ0v) is 14.4. The fourth-order valence-electron chi connectivity index (χ4n) is 1.37. The van der Waals surface area contributed by atoms with Crippen LogP contribution in [0.4, 0.5) is 4.39 Å². The molecule has 0 saturated heterocycles. The minimum Gasteiger partial charge on any atom is -0.460 e. The highest BCUT2D eigenvalue weighted by molar-refractivity contribution is 9.10. The van der Waals surface area contributed by atoms with E-state index in [1.165, 1.54) is 0 Å². The van der Waals surface area contributed by atoms with Gasteiger partial charge in [0.25, 0.3) is 9.05 Å². The Kier molecular flexibility index (Phi) is 6.58. The number of esters is 1. The molecule has 0 amide bonds. The van der Waals surface area contributed by atoms with Gasteiger partial charge in [0.2, 0.25) is 0 Å². The lowest BCUT2D eigenvalue weighted by atomic mass is 10.2. The third-order valence-electron chi connectivity index (χ3n) is 2.27. The van der Waals surface area contributed by atoms with Gasteiger partial charge in [-0.15, -0.1) is 0 Å². The molecule has 5 nitrogen and oxygen atoms in total. The second-order valence-corrected chi connectivity index (χ2v) is 7.64. The molecule has 0 aromatic heterocycles. The number of benzene rings is 1. The van der Waals surface area contributed by atoms with Crippen LogP contribution in [0.2, 0.25) is 0 Å². The van der Waals surface area contributed by atoms with Crippen molar-refractivity contribution in [2.24, 2.45) is 0 Å². The lowest BCUT2D eigenvalue weighted by Gasteiger charge is -2.10. The Labute approximate surface area is 134 Å². The molecule has 0 heterocycles. The second-order valence-electron chi connectivity index (χ2n) is 4.26. The topological polar surface area (TPSA) is 69.7 Å². The van der Waals surface area contributed by atoms with E-state index in [2.05, 4.69) is 15.9 Å². The molecular formula is C12H13BrClFO5S. The summed E-state index contributed by atoms with van der Waals surface area (Å²) in [6.45, 7) is 3.85. The highest BCUT2D eigenvalue weighted by Gasteiger charge is 2.22. The van der Waals surface area contributed by atoms with E-state index in [0.29, 0.717) is 0 Å². The van der Waals surface area contributed by atoms with Crippen LogP contribution < -0.4 is 0 Å². The molecule has 0 N–H and O–H groups in total. The molecule has 0 aliphatic heterocycles. The second kappa shape index (κ2) is 7.53. The summed E-state index contributed by atoms with van der Waals surface area (Å²) < 4.78 is 46.1. The summed E-state index contributed by atoms with van der Waals surface area (Å²) >= 11 is 2.97. The van der Waals surface area contributed by atoms with Crippen LogP contribution in [0.3, 0.4) is 0 Å². The first-order valence-corrected chi connectivity index (χ1v) is 8.95. The summed E-state index contributed by atoms with van der Waals surface area (Å²) in [7, 11) is 0.801. The summed E-state index contributed by atoms with van der Waals surface area (Å²) in [6, 6.07) is 1.67. The maximum atomic E-state index is 13.5. The zero-order chi connectivity index (χ0) is 16.2. The predicted octanol–water partition coefficient (Wildman–Crippen LogP) is 3.10. The van der Waals surface area contributed by atoms with Crippen LogP contribution >= 0.6 is 26.6 Å². The number of halogens is 3. The first-order valence-electron chi connectivity index (χ1n) is 5.85. The summed E-state index contributed by atoms with van der Waals surface area (Å²) in [6.07, 6.45) is -0.00532. The Bertz CT molecular complexity index is 633. The molecule has 1 aromatic rings. The fourth-order valence-corrected chi connectivity index (χ4v) is 2.75. The van der Waals surface area contributed by atoms with Crippen molar-refractivity contribution in [3.63, 3.8) is 0 Å². The van der Waals surface area contributed by atoms with E-state index in [1.54, 1.807) is 0 Å². The minimum atomic E-state index is -4.30. The molecule has 0 unspecified atom stereocenters. The smallest absolute Gasteiger partial charge is 0.339 e. The van der Waals surface area contributed by atoms with Gasteiger partial charge in [0, 0.05) is 15.2 Å². The Hall–Kier alpha value is -0.700. The van der Waals surface area contributed by atoms with Gasteiger partial charge in [-0.2, -0.15) is 0 Å². The Morgan fingerprint density at radius 3 is 2.52 bits per heavy atom. The number of carbonyl (C=O) groups excluding carboxylic acids is 1. The van der Waals surface area contributed by atoms with Gasteiger partial charge in [-0.25, -0.2) is 17.6 Å². The standard InChI is InChI=1S/C12H13BrClFO5S/c1-7(2)19-3-4-20-12(16)8-5-11(21(14,17)18)10(15)6-9(8)13/h5-7H,3-4H2,1-2H3. The predicted molar refractivity (Wildman–Crippen MR) is 78.5 cm³/mol. The molecular weight excluding hydrogens is 391 g/mol. The summed E-state index contributed by atoms with van der Waals surface area (Å²) in [5, 5.41) is 0. The van der Waals surface area contributed by atoms with Crippen molar-refractivity contribution in [1.82, 2.24) is 0 Å². The van der Waals surface area contributed by atoms with Gasteiger partial charge in [0.15, 0.2) is 0 Å². The number of carbonyl (C=O) groups is 1. The number of hydrogen-bond acceptors (Lipinski definition) is 5. The SMILES string of the molecule is CC(C)OCCOC(=O)c1cc(S(=O)(=O)Cl)c(F)cc1Br. The molecule has 0 aliphatic rings. The van der Waals surface area contributed by atoms with E-state index in [9.17, 15) is 17.6 Å². The van der Waals surface area contributed by atoms with E-state index < -0.39 is 25.7 Å². The summed E-state index contributed by atoms with van der Waals surface area (Å²) in [5.74, 6) is -1.87. The van der Waals surface area contributed by atoms with Crippen molar-refractivity contribution in [2.45, 2.75) is 24.8 Å². The van der Waals surface area contributed by atoms with Gasteiger partial charge in [-0.1, -0.05) is 0 Å². The molecule has 0 radical (unpaired) electrons. The highest BCUT2D eigenvalue weighted by atomic mass is 79.9. The van der Waals surface area contributed by atoms with Gasteiger partial charge in [0.1, 0.15) is 17.3 Å². The molecule has 9 heteroatoms. The fraction of sp³-hybridized carbons (Fsp3) is 0.417. The van der Waals surface area contributed by atoms with Gasteiger partial charge >= 0.3 is 5.97 Å². The van der Waals surface area contributed by atoms with Gasteiger partial charge < -0.3 is 9.47 Å². The van der Waals surface area contributed by atoms with Crippen LogP contribution in [0, 0.1) is 5.82 Å². The quantitative estimate of drug-likeness (QED) is 0.415. The molecule has 118 valence electrons. The van der Waals surface area contributed by atoms with Crippen molar-refractivity contribution < 1.29 is 27.1 Å². The Morgan fingerprint density at radius 2 is 2.00 bits per heavy atom. The zero-order valence-electron chi connectivity index (χ0n) is 11.2. The molecule has 21 heavy (non-hydrogen) atoms. The largest absolute Gasteiger partial charge is 0.460 e. The average Bonchev–Trinajstić information content (AvgIpc) is 2.32. The minimum absolute atomic E-state index is 0.00532. The van der Waals surface area contributed by atoms with Gasteiger partial charge in [-0.05, 0) is 41.9 Å². The van der Waals surface area contributed by atoms with Crippen LogP contribution in [0.5, 0.6) is 0 Å². The molecule has 0 saturated carbocycles. The number of hydrogen-bond donors (Lipinski definition) is 0. The van der Waals surface area contributed by atoms with E-state index in [4.69, 9.17) is 20.2 Å². The van der Waals surface area contributed by atoms with Crippen molar-refractivity contribution >= 4 is 41.6 Å². The third-order valence-corrected chi connectivity index (χ3v) is 4.26.